The fourth-order valence-corrected chi connectivity index (χ4v) is 2.81. The summed E-state index contributed by atoms with van der Waals surface area (Å²) < 4.78 is 0. The molecule has 1 aliphatic heterocycles. The van der Waals surface area contributed by atoms with Gasteiger partial charge >= 0.3 is 12.0 Å². The Morgan fingerprint density at radius 3 is 2.37 bits per heavy atom. The maximum Gasteiger partial charge on any atom is 0.325 e. The Morgan fingerprint density at radius 2 is 1.84 bits per heavy atom. The Bertz CT molecular complexity index is 571. The number of carboxylic acids is 1. The number of nitrogens with one attached hydrogen (secondary N) is 1. The van der Waals surface area contributed by atoms with Crippen molar-refractivity contribution in [1.29, 1.82) is 0 Å². The van der Waals surface area contributed by atoms with Gasteiger partial charge < -0.3 is 10.4 Å². The number of nitrogens with zero attached hydrogens (tertiary/aromatic N) is 1. The fourth-order valence-electron chi connectivity index (χ4n) is 2.81. The second-order valence-electron chi connectivity index (χ2n) is 4.92. The summed E-state index contributed by atoms with van der Waals surface area (Å²) in [6.45, 7) is -0.594. The largest absolute Gasteiger partial charge is 0.480 e. The van der Waals surface area contributed by atoms with Gasteiger partial charge in [-0.2, -0.15) is 0 Å². The van der Waals surface area contributed by atoms with Crippen molar-refractivity contribution in [3.63, 3.8) is 0 Å². The molecule has 6 nitrogen and oxygen atoms in total. The number of fused-ring (bicyclic) bond motifs is 1. The second-order valence-corrected chi connectivity index (χ2v) is 4.92. The molecule has 0 saturated carbocycles. The first kappa shape index (κ1) is 11.7. The van der Waals surface area contributed by atoms with Crippen LogP contribution in [0.4, 0.5) is 4.79 Å². The van der Waals surface area contributed by atoms with Crippen molar-refractivity contribution < 1.29 is 19.5 Å². The van der Waals surface area contributed by atoms with E-state index in [1.54, 1.807) is 0 Å². The molecule has 1 heterocycles. The zero-order valence-electron chi connectivity index (χ0n) is 10.0. The van der Waals surface area contributed by atoms with E-state index in [0.29, 0.717) is 12.8 Å². The van der Waals surface area contributed by atoms with Gasteiger partial charge in [0.2, 0.25) is 0 Å². The van der Waals surface area contributed by atoms with Gasteiger partial charge in [-0.05, 0) is 11.1 Å². The third kappa shape index (κ3) is 1.68. The average molecular weight is 260 g/mol. The first-order chi connectivity index (χ1) is 9.02. The monoisotopic (exact) mass is 260 g/mol. The molecule has 2 N–H and O–H groups in total. The normalized spacial score (nSPS) is 19.7. The van der Waals surface area contributed by atoms with Crippen LogP contribution in [0.2, 0.25) is 0 Å². The van der Waals surface area contributed by atoms with Crippen molar-refractivity contribution in [2.24, 2.45) is 0 Å². The molecule has 1 aromatic carbocycles. The van der Waals surface area contributed by atoms with Gasteiger partial charge in [-0.15, -0.1) is 0 Å². The molecule has 3 rings (SSSR count). The van der Waals surface area contributed by atoms with Gasteiger partial charge in [0.15, 0.2) is 0 Å². The van der Waals surface area contributed by atoms with Crippen molar-refractivity contribution in [2.75, 3.05) is 6.54 Å². The highest BCUT2D eigenvalue weighted by atomic mass is 16.4. The topological polar surface area (TPSA) is 86.7 Å². The van der Waals surface area contributed by atoms with Crippen molar-refractivity contribution >= 4 is 17.9 Å². The van der Waals surface area contributed by atoms with Crippen molar-refractivity contribution in [3.05, 3.63) is 35.4 Å². The summed E-state index contributed by atoms with van der Waals surface area (Å²) in [4.78, 5) is 35.6. The highest BCUT2D eigenvalue weighted by Crippen LogP contribution is 2.34. The van der Waals surface area contributed by atoms with Gasteiger partial charge in [-0.1, -0.05) is 24.3 Å². The Kier molecular flexibility index (Phi) is 2.35. The number of rotatable bonds is 2. The molecular weight excluding hydrogens is 248 g/mol. The zero-order chi connectivity index (χ0) is 13.6. The highest BCUT2D eigenvalue weighted by Gasteiger charge is 2.54. The minimum atomic E-state index is -1.20. The van der Waals surface area contributed by atoms with Crippen molar-refractivity contribution in [3.8, 4) is 0 Å². The first-order valence-electron chi connectivity index (χ1n) is 5.94. The minimum absolute atomic E-state index is 0.421. The maximum atomic E-state index is 12.3. The van der Waals surface area contributed by atoms with Crippen molar-refractivity contribution in [2.45, 2.75) is 18.4 Å². The van der Waals surface area contributed by atoms with E-state index < -0.39 is 30.0 Å². The molecule has 1 spiro atoms. The second kappa shape index (κ2) is 3.81. The number of urea groups is 1. The molecule has 1 aliphatic carbocycles. The van der Waals surface area contributed by atoms with Crippen LogP contribution >= 0.6 is 0 Å². The van der Waals surface area contributed by atoms with Crippen LogP contribution in [0.5, 0.6) is 0 Å². The molecule has 0 unspecified atom stereocenters. The summed E-state index contributed by atoms with van der Waals surface area (Å²) in [6.07, 6.45) is 0.841. The lowest BCUT2D eigenvalue weighted by Gasteiger charge is -2.19. The van der Waals surface area contributed by atoms with E-state index in [1.807, 2.05) is 24.3 Å². The number of carboxylic acid groups (broad SMARTS) is 1. The lowest BCUT2D eigenvalue weighted by molar-refractivity contribution is -0.142. The van der Waals surface area contributed by atoms with E-state index in [4.69, 9.17) is 5.11 Å². The van der Waals surface area contributed by atoms with Crippen LogP contribution in [0.1, 0.15) is 11.1 Å². The van der Waals surface area contributed by atoms with Crippen LogP contribution < -0.4 is 5.32 Å². The Morgan fingerprint density at radius 1 is 1.26 bits per heavy atom. The Labute approximate surface area is 109 Å². The lowest BCUT2D eigenvalue weighted by atomic mass is 9.96. The van der Waals surface area contributed by atoms with Crippen LogP contribution in [0.25, 0.3) is 0 Å². The Hall–Kier alpha value is -2.37. The number of hydrogen-bond donors (Lipinski definition) is 2. The van der Waals surface area contributed by atoms with Gasteiger partial charge in [0.05, 0.1) is 0 Å². The SMILES string of the molecule is O=C(O)CN1C(=O)NC2(Cc3ccccc3C2)C1=O. The molecular formula is C13H12N2O4. The molecule has 0 aromatic heterocycles. The van der Waals surface area contributed by atoms with E-state index in [0.717, 1.165) is 16.0 Å². The summed E-state index contributed by atoms with van der Waals surface area (Å²) in [6, 6.07) is 6.98. The number of imide groups is 1. The molecule has 19 heavy (non-hydrogen) atoms. The molecule has 1 aromatic rings. The quantitative estimate of drug-likeness (QED) is 0.742. The maximum absolute atomic E-state index is 12.3. The molecule has 98 valence electrons. The average Bonchev–Trinajstić information content (AvgIpc) is 2.82. The Balaban J connectivity index is 1.91. The van der Waals surface area contributed by atoms with Gasteiger partial charge in [-0.3, -0.25) is 14.5 Å². The molecule has 0 atom stereocenters. The number of carbonyl (C=O) groups is 3. The molecule has 3 amide bonds. The number of carbonyl (C=O) groups excluding carboxylic acids is 2. The van der Waals surface area contributed by atoms with Crippen LogP contribution in [-0.4, -0.2) is 40.0 Å². The highest BCUT2D eigenvalue weighted by molar-refractivity contribution is 6.09. The molecule has 1 fully saturated rings. The van der Waals surface area contributed by atoms with Crippen LogP contribution in [0.3, 0.4) is 0 Å². The first-order valence-corrected chi connectivity index (χ1v) is 5.94. The van der Waals surface area contributed by atoms with E-state index in [-0.39, 0.29) is 0 Å². The van der Waals surface area contributed by atoms with Gasteiger partial charge in [0.1, 0.15) is 12.1 Å². The van der Waals surface area contributed by atoms with E-state index in [9.17, 15) is 14.4 Å². The van der Waals surface area contributed by atoms with Crippen LogP contribution in [0, 0.1) is 0 Å². The number of aliphatic carboxylic acids is 1. The number of benzene rings is 1. The van der Waals surface area contributed by atoms with Crippen LogP contribution in [0.15, 0.2) is 24.3 Å². The summed E-state index contributed by atoms with van der Waals surface area (Å²) in [5, 5.41) is 11.4. The smallest absolute Gasteiger partial charge is 0.325 e. The van der Waals surface area contributed by atoms with E-state index >= 15 is 0 Å². The molecule has 1 saturated heterocycles. The third-order valence-corrected chi connectivity index (χ3v) is 3.64. The molecule has 2 aliphatic rings. The summed E-state index contributed by atoms with van der Waals surface area (Å²) in [5.74, 6) is -1.65. The summed E-state index contributed by atoms with van der Waals surface area (Å²) >= 11 is 0. The van der Waals surface area contributed by atoms with Gasteiger partial charge in [-0.25, -0.2) is 4.79 Å². The van der Waals surface area contributed by atoms with E-state index in [2.05, 4.69) is 5.32 Å². The van der Waals surface area contributed by atoms with Crippen molar-refractivity contribution in [1.82, 2.24) is 10.2 Å². The summed E-state index contributed by atoms with van der Waals surface area (Å²) in [5.41, 5.74) is 1.05. The lowest BCUT2D eigenvalue weighted by Crippen LogP contribution is -2.48. The fraction of sp³-hybridized carbons (Fsp3) is 0.308. The third-order valence-electron chi connectivity index (χ3n) is 3.64. The van der Waals surface area contributed by atoms with Crippen LogP contribution in [-0.2, 0) is 22.4 Å². The molecule has 0 radical (unpaired) electrons. The molecule has 0 bridgehead atoms. The molecule has 6 heteroatoms. The zero-order valence-corrected chi connectivity index (χ0v) is 10.0. The summed E-state index contributed by atoms with van der Waals surface area (Å²) in [7, 11) is 0. The minimum Gasteiger partial charge on any atom is -0.480 e. The standard InChI is InChI=1S/C13H12N2O4/c16-10(17)7-15-11(18)13(14-12(15)19)5-8-3-1-2-4-9(8)6-13/h1-4H,5-7H2,(H,14,19)(H,16,17). The number of amides is 3. The number of hydrogen-bond acceptors (Lipinski definition) is 3. The van der Waals surface area contributed by atoms with Gasteiger partial charge in [0.25, 0.3) is 5.91 Å². The predicted molar refractivity (Wildman–Crippen MR) is 64.5 cm³/mol. The van der Waals surface area contributed by atoms with Gasteiger partial charge in [0, 0.05) is 12.8 Å². The van der Waals surface area contributed by atoms with E-state index in [1.165, 1.54) is 0 Å². The predicted octanol–water partition coefficient (Wildman–Crippen LogP) is 0.160.